The van der Waals surface area contributed by atoms with Crippen LogP contribution in [-0.4, -0.2) is 28.3 Å². The first kappa shape index (κ1) is 33.1. The number of hydrogen-bond acceptors (Lipinski definition) is 4. The quantitative estimate of drug-likeness (QED) is 0.123. The Morgan fingerprint density at radius 2 is 0.889 bits per heavy atom. The van der Waals surface area contributed by atoms with Gasteiger partial charge in [0.25, 0.3) is 0 Å². The van der Waals surface area contributed by atoms with Gasteiger partial charge in [-0.15, -0.1) is 0 Å². The molecule has 0 amide bonds. The minimum atomic E-state index is -3.67. The maximum atomic E-state index is 13.0. The Morgan fingerprint density at radius 3 is 1.31 bits per heavy atom. The van der Waals surface area contributed by atoms with Crippen molar-refractivity contribution in [3.63, 3.8) is 0 Å². The van der Waals surface area contributed by atoms with Gasteiger partial charge in [0.1, 0.15) is 0 Å². The van der Waals surface area contributed by atoms with E-state index in [-0.39, 0.29) is 21.3 Å². The molecule has 0 saturated carbocycles. The number of sulfone groups is 2. The Bertz CT molecular complexity index is 803. The molecule has 0 aliphatic carbocycles. The average Bonchev–Trinajstić information content (AvgIpc) is 2.86. The van der Waals surface area contributed by atoms with Gasteiger partial charge in [-0.3, -0.25) is 0 Å². The Balaban J connectivity index is 2.40. The fourth-order valence-electron chi connectivity index (χ4n) is 4.67. The normalized spacial score (nSPS) is 12.3. The van der Waals surface area contributed by atoms with Crippen LogP contribution in [0.15, 0.2) is 28.0 Å². The topological polar surface area (TPSA) is 68.3 Å². The van der Waals surface area contributed by atoms with Crippen molar-refractivity contribution in [1.82, 2.24) is 0 Å². The van der Waals surface area contributed by atoms with Gasteiger partial charge in [0.2, 0.25) is 0 Å². The molecule has 0 spiro atoms. The van der Waals surface area contributed by atoms with E-state index in [1.54, 1.807) is 6.07 Å². The lowest BCUT2D eigenvalue weighted by Gasteiger charge is -2.11. The van der Waals surface area contributed by atoms with E-state index in [9.17, 15) is 16.8 Å². The van der Waals surface area contributed by atoms with Crippen LogP contribution in [0.5, 0.6) is 0 Å². The van der Waals surface area contributed by atoms with Crippen LogP contribution >= 0.6 is 0 Å². The highest BCUT2D eigenvalue weighted by Gasteiger charge is 2.26. The van der Waals surface area contributed by atoms with Crippen molar-refractivity contribution in [3.8, 4) is 0 Å². The molecule has 6 heteroatoms. The third-order valence-corrected chi connectivity index (χ3v) is 10.7. The molecule has 0 aromatic heterocycles. The van der Waals surface area contributed by atoms with E-state index in [1.807, 2.05) is 0 Å². The molecule has 0 atom stereocenters. The van der Waals surface area contributed by atoms with E-state index < -0.39 is 19.7 Å². The summed E-state index contributed by atoms with van der Waals surface area (Å²) in [5.41, 5.74) is 0. The summed E-state index contributed by atoms with van der Waals surface area (Å²) >= 11 is 0. The highest BCUT2D eigenvalue weighted by Crippen LogP contribution is 2.25. The van der Waals surface area contributed by atoms with Crippen LogP contribution in [0.3, 0.4) is 0 Å². The molecule has 209 valence electrons. The summed E-state index contributed by atoms with van der Waals surface area (Å²) in [7, 11) is -7.31. The molecular weight excluding hydrogens is 488 g/mol. The van der Waals surface area contributed by atoms with Gasteiger partial charge in [0.15, 0.2) is 19.7 Å². The molecular formula is C30H53O4S2. The van der Waals surface area contributed by atoms with Crippen LogP contribution in [-0.2, 0) is 19.7 Å². The molecule has 1 rings (SSSR count). The van der Waals surface area contributed by atoms with Gasteiger partial charge in [0, 0.05) is 6.07 Å². The van der Waals surface area contributed by atoms with E-state index in [4.69, 9.17) is 0 Å². The summed E-state index contributed by atoms with van der Waals surface area (Å²) in [6.45, 7) is 4.44. The summed E-state index contributed by atoms with van der Waals surface area (Å²) in [5, 5.41) is 0. The first-order chi connectivity index (χ1) is 17.3. The average molecular weight is 542 g/mol. The fourth-order valence-corrected chi connectivity index (χ4v) is 8.27. The first-order valence-corrected chi connectivity index (χ1v) is 18.1. The monoisotopic (exact) mass is 541 g/mol. The number of unbranched alkanes of at least 4 members (excludes halogenated alkanes) is 18. The second-order valence-electron chi connectivity index (χ2n) is 10.4. The van der Waals surface area contributed by atoms with Crippen molar-refractivity contribution in [2.24, 2.45) is 0 Å². The van der Waals surface area contributed by atoms with Crippen molar-refractivity contribution in [1.29, 1.82) is 0 Å². The molecule has 1 radical (unpaired) electrons. The lowest BCUT2D eigenvalue weighted by atomic mass is 10.1. The second kappa shape index (κ2) is 20.1. The van der Waals surface area contributed by atoms with Gasteiger partial charge in [0.05, 0.1) is 21.3 Å². The summed E-state index contributed by atoms with van der Waals surface area (Å²) < 4.78 is 52.0. The van der Waals surface area contributed by atoms with Crippen LogP contribution in [0.2, 0.25) is 0 Å². The maximum absolute atomic E-state index is 13.0. The van der Waals surface area contributed by atoms with Gasteiger partial charge in [-0.25, -0.2) is 16.8 Å². The lowest BCUT2D eigenvalue weighted by Crippen LogP contribution is -2.15. The minimum absolute atomic E-state index is 0.00211. The largest absolute Gasteiger partial charge is 0.224 e. The number of benzene rings is 1. The molecule has 1 aromatic rings. The van der Waals surface area contributed by atoms with Gasteiger partial charge in [-0.05, 0) is 18.9 Å². The molecule has 0 fully saturated rings. The van der Waals surface area contributed by atoms with Crippen molar-refractivity contribution < 1.29 is 16.8 Å². The van der Waals surface area contributed by atoms with Crippen molar-refractivity contribution in [3.05, 3.63) is 24.3 Å². The zero-order chi connectivity index (χ0) is 26.5. The predicted molar refractivity (Wildman–Crippen MR) is 153 cm³/mol. The van der Waals surface area contributed by atoms with Crippen molar-refractivity contribution in [2.75, 3.05) is 11.5 Å². The van der Waals surface area contributed by atoms with E-state index in [0.29, 0.717) is 12.8 Å². The molecule has 0 unspecified atom stereocenters. The first-order valence-electron chi connectivity index (χ1n) is 14.8. The van der Waals surface area contributed by atoms with Gasteiger partial charge < -0.3 is 0 Å². The molecule has 0 aliphatic rings. The molecule has 0 N–H and O–H groups in total. The fraction of sp³-hybridized carbons (Fsp3) is 0.800. The summed E-state index contributed by atoms with van der Waals surface area (Å²) in [6, 6.07) is 7.26. The Hall–Kier alpha value is -0.880. The zero-order valence-corrected chi connectivity index (χ0v) is 24.9. The third-order valence-electron chi connectivity index (χ3n) is 6.96. The summed E-state index contributed by atoms with van der Waals surface area (Å²) in [6.07, 6.45) is 22.5. The molecule has 0 bridgehead atoms. The summed E-state index contributed by atoms with van der Waals surface area (Å²) in [4.78, 5) is -0.194. The van der Waals surface area contributed by atoms with E-state index in [2.05, 4.69) is 19.9 Å². The number of rotatable bonds is 24. The van der Waals surface area contributed by atoms with Crippen molar-refractivity contribution >= 4 is 19.7 Å². The highest BCUT2D eigenvalue weighted by molar-refractivity contribution is 7.94. The van der Waals surface area contributed by atoms with Crippen LogP contribution in [0, 0.1) is 6.07 Å². The molecule has 36 heavy (non-hydrogen) atoms. The molecule has 4 nitrogen and oxygen atoms in total. The number of hydrogen-bond donors (Lipinski definition) is 0. The zero-order valence-electron chi connectivity index (χ0n) is 23.2. The van der Waals surface area contributed by atoms with Crippen LogP contribution in [0.4, 0.5) is 0 Å². The minimum Gasteiger partial charge on any atom is -0.224 e. The molecule has 0 heterocycles. The molecule has 0 aliphatic heterocycles. The lowest BCUT2D eigenvalue weighted by molar-refractivity contribution is 0.555. The van der Waals surface area contributed by atoms with Gasteiger partial charge >= 0.3 is 0 Å². The Kier molecular flexibility index (Phi) is 18.5. The SMILES string of the molecule is CCCCCCCCCCCCS(=O)(=O)c1[c]cccc1S(=O)(=O)CCCCCCCCCCCC. The molecule has 0 saturated heterocycles. The summed E-state index contributed by atoms with van der Waals surface area (Å²) in [5.74, 6) is -0.00703. The standard InChI is InChI=1S/C30H53O4S2/c1-3-5-7-9-11-13-15-17-19-23-27-35(31,32)29-25-21-22-26-30(29)36(33,34)28-24-20-18-16-14-12-10-8-6-4-2/h21-22,25H,3-20,23-24,27-28H2,1-2H3. The Morgan fingerprint density at radius 1 is 0.528 bits per heavy atom. The third kappa shape index (κ3) is 14.8. The van der Waals surface area contributed by atoms with E-state index >= 15 is 0 Å². The Labute approximate surface area is 223 Å². The van der Waals surface area contributed by atoms with E-state index in [1.165, 1.54) is 89.2 Å². The predicted octanol–water partition coefficient (Wildman–Crippen LogP) is 8.88. The van der Waals surface area contributed by atoms with Gasteiger partial charge in [-0.1, -0.05) is 142 Å². The smallest absolute Gasteiger partial charge is 0.180 e. The van der Waals surface area contributed by atoms with Crippen LogP contribution in [0.25, 0.3) is 0 Å². The van der Waals surface area contributed by atoms with Gasteiger partial charge in [-0.2, -0.15) is 0 Å². The maximum Gasteiger partial charge on any atom is 0.180 e. The molecule has 1 aromatic carbocycles. The second-order valence-corrected chi connectivity index (χ2v) is 14.5. The highest BCUT2D eigenvalue weighted by atomic mass is 32.2. The van der Waals surface area contributed by atoms with Crippen LogP contribution < -0.4 is 0 Å². The van der Waals surface area contributed by atoms with E-state index in [0.717, 1.165) is 38.5 Å². The van der Waals surface area contributed by atoms with Crippen molar-refractivity contribution in [2.45, 2.75) is 152 Å². The van der Waals surface area contributed by atoms with Crippen LogP contribution in [0.1, 0.15) is 142 Å².